The van der Waals surface area contributed by atoms with Crippen molar-refractivity contribution in [3.8, 4) is 0 Å². The van der Waals surface area contributed by atoms with Crippen LogP contribution in [0.25, 0.3) is 0 Å². The predicted molar refractivity (Wildman–Crippen MR) is 104 cm³/mol. The van der Waals surface area contributed by atoms with Crippen molar-refractivity contribution in [2.45, 2.75) is 4.90 Å². The van der Waals surface area contributed by atoms with Gasteiger partial charge in [0.2, 0.25) is 10.0 Å². The fourth-order valence-corrected chi connectivity index (χ4v) is 4.07. The molecule has 1 aromatic carbocycles. The number of ether oxygens (including phenoxy) is 1. The summed E-state index contributed by atoms with van der Waals surface area (Å²) in [5.74, 6) is 0. The standard InChI is InChI=1S/C15H23ClN4O3S2/c1-19(2)6-5-17-15(24)18-14-11-12(3-4-13(14)16)25(21,22)20-7-9-23-10-8-20/h3-4,11H,5-10H2,1-2H3,(H2,17,18,24). The molecule has 0 bridgehead atoms. The summed E-state index contributed by atoms with van der Waals surface area (Å²) >= 11 is 11.4. The summed E-state index contributed by atoms with van der Waals surface area (Å²) in [5.41, 5.74) is 0.457. The predicted octanol–water partition coefficient (Wildman–Crippen LogP) is 1.21. The molecular weight excluding hydrogens is 384 g/mol. The summed E-state index contributed by atoms with van der Waals surface area (Å²) in [6.07, 6.45) is 0. The highest BCUT2D eigenvalue weighted by molar-refractivity contribution is 7.89. The van der Waals surface area contributed by atoms with Gasteiger partial charge >= 0.3 is 0 Å². The molecule has 25 heavy (non-hydrogen) atoms. The van der Waals surface area contributed by atoms with Crippen molar-refractivity contribution in [3.05, 3.63) is 23.2 Å². The van der Waals surface area contributed by atoms with Gasteiger partial charge in [-0.3, -0.25) is 0 Å². The van der Waals surface area contributed by atoms with Crippen LogP contribution in [0.4, 0.5) is 5.69 Å². The molecule has 0 radical (unpaired) electrons. The van der Waals surface area contributed by atoms with Gasteiger partial charge in [0.05, 0.1) is 28.8 Å². The number of nitrogens with one attached hydrogen (secondary N) is 2. The summed E-state index contributed by atoms with van der Waals surface area (Å²) in [6, 6.07) is 4.56. The van der Waals surface area contributed by atoms with Gasteiger partial charge in [-0.15, -0.1) is 0 Å². The maximum Gasteiger partial charge on any atom is 0.243 e. The molecule has 1 fully saturated rings. The van der Waals surface area contributed by atoms with E-state index in [4.69, 9.17) is 28.6 Å². The second kappa shape index (κ2) is 9.11. The lowest BCUT2D eigenvalue weighted by molar-refractivity contribution is 0.0730. The highest BCUT2D eigenvalue weighted by Gasteiger charge is 2.26. The first-order chi connectivity index (χ1) is 11.8. The van der Waals surface area contributed by atoms with Gasteiger partial charge in [0.1, 0.15) is 0 Å². The SMILES string of the molecule is CN(C)CCNC(=S)Nc1cc(S(=O)(=O)N2CCOCC2)ccc1Cl. The summed E-state index contributed by atoms with van der Waals surface area (Å²) < 4.78 is 32.1. The number of hydrogen-bond acceptors (Lipinski definition) is 5. The van der Waals surface area contributed by atoms with E-state index in [-0.39, 0.29) is 4.90 Å². The lowest BCUT2D eigenvalue weighted by atomic mass is 10.3. The number of likely N-dealkylation sites (N-methyl/N-ethyl adjacent to an activating group) is 1. The van der Waals surface area contributed by atoms with Crippen LogP contribution in [-0.2, 0) is 14.8 Å². The van der Waals surface area contributed by atoms with Crippen molar-refractivity contribution in [3.63, 3.8) is 0 Å². The monoisotopic (exact) mass is 406 g/mol. The Bertz CT molecular complexity index is 707. The minimum Gasteiger partial charge on any atom is -0.379 e. The largest absolute Gasteiger partial charge is 0.379 e. The Hall–Kier alpha value is -0.970. The van der Waals surface area contributed by atoms with Crippen LogP contribution < -0.4 is 10.6 Å². The molecule has 0 aromatic heterocycles. The van der Waals surface area contributed by atoms with E-state index in [1.54, 1.807) is 6.07 Å². The number of benzene rings is 1. The van der Waals surface area contributed by atoms with Crippen LogP contribution in [0.2, 0.25) is 5.02 Å². The molecule has 2 rings (SSSR count). The number of morpholine rings is 1. The van der Waals surface area contributed by atoms with Crippen molar-refractivity contribution in [1.29, 1.82) is 0 Å². The van der Waals surface area contributed by atoms with Crippen LogP contribution in [0, 0.1) is 0 Å². The molecule has 0 atom stereocenters. The molecule has 1 saturated heterocycles. The number of halogens is 1. The van der Waals surface area contributed by atoms with Crippen LogP contribution in [0.1, 0.15) is 0 Å². The third-order valence-corrected chi connectivity index (χ3v) is 6.11. The van der Waals surface area contributed by atoms with Gasteiger partial charge in [-0.05, 0) is 44.5 Å². The highest BCUT2D eigenvalue weighted by atomic mass is 35.5. The van der Waals surface area contributed by atoms with E-state index in [2.05, 4.69) is 10.6 Å². The molecule has 0 spiro atoms. The number of thiocarbonyl (C=S) groups is 1. The molecule has 1 aliphatic rings. The molecule has 2 N–H and O–H groups in total. The fraction of sp³-hybridized carbons (Fsp3) is 0.533. The first kappa shape index (κ1) is 20.3. The van der Waals surface area contributed by atoms with E-state index in [1.165, 1.54) is 16.4 Å². The third-order valence-electron chi connectivity index (χ3n) is 3.64. The number of sulfonamides is 1. The topological polar surface area (TPSA) is 73.9 Å². The summed E-state index contributed by atoms with van der Waals surface area (Å²) in [5, 5.41) is 6.81. The average Bonchev–Trinajstić information content (AvgIpc) is 2.57. The van der Waals surface area contributed by atoms with E-state index in [9.17, 15) is 8.42 Å². The van der Waals surface area contributed by atoms with Gasteiger partial charge in [0, 0.05) is 26.2 Å². The average molecular weight is 407 g/mol. The molecule has 0 unspecified atom stereocenters. The lowest BCUT2D eigenvalue weighted by Crippen LogP contribution is -2.40. The molecule has 1 aromatic rings. The van der Waals surface area contributed by atoms with Crippen LogP contribution in [-0.4, -0.2) is 76.2 Å². The zero-order valence-corrected chi connectivity index (χ0v) is 16.7. The molecule has 0 amide bonds. The highest BCUT2D eigenvalue weighted by Crippen LogP contribution is 2.27. The Labute approximate surface area is 159 Å². The minimum atomic E-state index is -3.58. The summed E-state index contributed by atoms with van der Waals surface area (Å²) in [4.78, 5) is 2.20. The van der Waals surface area contributed by atoms with Crippen molar-refractivity contribution >= 4 is 44.6 Å². The fourth-order valence-electron chi connectivity index (χ4n) is 2.26. The van der Waals surface area contributed by atoms with E-state index >= 15 is 0 Å². The van der Waals surface area contributed by atoms with Gasteiger partial charge in [0.15, 0.2) is 5.11 Å². The van der Waals surface area contributed by atoms with E-state index < -0.39 is 10.0 Å². The molecule has 0 aliphatic carbocycles. The van der Waals surface area contributed by atoms with Crippen molar-refractivity contribution in [2.75, 3.05) is 58.8 Å². The molecular formula is C15H23ClN4O3S2. The van der Waals surface area contributed by atoms with Crippen molar-refractivity contribution in [1.82, 2.24) is 14.5 Å². The number of nitrogens with zero attached hydrogens (tertiary/aromatic N) is 2. The number of hydrogen-bond donors (Lipinski definition) is 2. The van der Waals surface area contributed by atoms with Gasteiger partial charge < -0.3 is 20.3 Å². The molecule has 7 nitrogen and oxygen atoms in total. The summed E-state index contributed by atoms with van der Waals surface area (Å²) in [7, 11) is 0.354. The minimum absolute atomic E-state index is 0.178. The molecule has 1 aliphatic heterocycles. The zero-order valence-electron chi connectivity index (χ0n) is 14.3. The van der Waals surface area contributed by atoms with E-state index in [0.29, 0.717) is 48.7 Å². The molecule has 1 heterocycles. The van der Waals surface area contributed by atoms with E-state index in [0.717, 1.165) is 6.54 Å². The van der Waals surface area contributed by atoms with Crippen molar-refractivity contribution in [2.24, 2.45) is 0 Å². The molecule has 0 saturated carbocycles. The van der Waals surface area contributed by atoms with Gasteiger partial charge in [-0.25, -0.2) is 8.42 Å². The molecule has 140 valence electrons. The normalized spacial score (nSPS) is 16.0. The van der Waals surface area contributed by atoms with Crippen LogP contribution in [0.3, 0.4) is 0 Å². The Kier molecular flexibility index (Phi) is 7.41. The number of anilines is 1. The molecule has 10 heteroatoms. The second-order valence-corrected chi connectivity index (χ2v) is 8.60. The Morgan fingerprint density at radius 3 is 2.68 bits per heavy atom. The maximum absolute atomic E-state index is 12.7. The smallest absolute Gasteiger partial charge is 0.243 e. The Balaban J connectivity index is 2.10. The first-order valence-electron chi connectivity index (χ1n) is 7.88. The summed E-state index contributed by atoms with van der Waals surface area (Å²) in [6.45, 7) is 2.98. The van der Waals surface area contributed by atoms with Crippen LogP contribution >= 0.6 is 23.8 Å². The quantitative estimate of drug-likeness (QED) is 0.688. The Morgan fingerprint density at radius 1 is 1.36 bits per heavy atom. The van der Waals surface area contributed by atoms with Gasteiger partial charge in [-0.1, -0.05) is 11.6 Å². The maximum atomic E-state index is 12.7. The second-order valence-electron chi connectivity index (χ2n) is 5.84. The van der Waals surface area contributed by atoms with Gasteiger partial charge in [-0.2, -0.15) is 4.31 Å². The first-order valence-corrected chi connectivity index (χ1v) is 10.1. The lowest BCUT2D eigenvalue weighted by Gasteiger charge is -2.26. The van der Waals surface area contributed by atoms with Gasteiger partial charge in [0.25, 0.3) is 0 Å². The zero-order chi connectivity index (χ0) is 18.4. The van der Waals surface area contributed by atoms with Crippen LogP contribution in [0.5, 0.6) is 0 Å². The third kappa shape index (κ3) is 5.77. The number of rotatable bonds is 6. The Morgan fingerprint density at radius 2 is 2.04 bits per heavy atom. The van der Waals surface area contributed by atoms with Crippen molar-refractivity contribution < 1.29 is 13.2 Å². The van der Waals surface area contributed by atoms with Crippen LogP contribution in [0.15, 0.2) is 23.1 Å². The van der Waals surface area contributed by atoms with E-state index in [1.807, 2.05) is 19.0 Å².